The van der Waals surface area contributed by atoms with Crippen LogP contribution in [0.5, 0.6) is 0 Å². The molecule has 0 saturated heterocycles. The second kappa shape index (κ2) is 15.5. The normalized spacial score (nSPS) is 9.14. The van der Waals surface area contributed by atoms with Gasteiger partial charge in [-0.2, -0.15) is 0 Å². The SMILES string of the molecule is CCCCc1cc(CCCC)cc(B([O-])[O-])c1.C[NH3+].C[NH3+]. The standard InChI is InChI=1S/C14H21BO2.2CH5N/c1-3-5-7-12-9-13(8-6-4-2)11-14(10-12)15(16)17;2*1-2/h9-11H,3-8H2,1-2H3;2*2H2,1H3/q-2;;/p+2. The van der Waals surface area contributed by atoms with Crippen molar-refractivity contribution in [3.8, 4) is 0 Å². The maximum Gasteiger partial charge on any atom is 0.0634 e. The van der Waals surface area contributed by atoms with E-state index in [9.17, 15) is 10.0 Å². The van der Waals surface area contributed by atoms with Crippen LogP contribution in [0.4, 0.5) is 0 Å². The maximum absolute atomic E-state index is 11.0. The van der Waals surface area contributed by atoms with Crippen molar-refractivity contribution < 1.29 is 21.5 Å². The van der Waals surface area contributed by atoms with E-state index in [1.807, 2.05) is 0 Å². The van der Waals surface area contributed by atoms with Gasteiger partial charge in [-0.25, -0.2) is 0 Å². The lowest BCUT2D eigenvalue weighted by molar-refractivity contribution is -0.341. The molecule has 5 heteroatoms. The molecule has 0 aliphatic carbocycles. The van der Waals surface area contributed by atoms with Gasteiger partial charge in [0, 0.05) is 0 Å². The zero-order valence-electron chi connectivity index (χ0n) is 14.3. The molecule has 1 aromatic rings. The van der Waals surface area contributed by atoms with Gasteiger partial charge in [-0.05, 0) is 36.8 Å². The summed E-state index contributed by atoms with van der Waals surface area (Å²) in [6, 6.07) is 5.72. The molecule has 0 heterocycles. The minimum Gasteiger partial charge on any atom is -0.889 e. The molecule has 6 N–H and O–H groups in total. The molecule has 0 bridgehead atoms. The van der Waals surface area contributed by atoms with Crippen LogP contribution in [0.2, 0.25) is 0 Å². The van der Waals surface area contributed by atoms with Crippen LogP contribution in [0.3, 0.4) is 0 Å². The Morgan fingerprint density at radius 1 is 0.810 bits per heavy atom. The Morgan fingerprint density at radius 2 is 1.19 bits per heavy atom. The third-order valence-electron chi connectivity index (χ3n) is 2.99. The summed E-state index contributed by atoms with van der Waals surface area (Å²) in [6.07, 6.45) is 6.42. The van der Waals surface area contributed by atoms with E-state index in [-0.39, 0.29) is 0 Å². The fourth-order valence-electron chi connectivity index (χ4n) is 1.98. The van der Waals surface area contributed by atoms with Crippen LogP contribution < -0.4 is 27.0 Å². The minimum absolute atomic E-state index is 0.407. The molecule has 4 nitrogen and oxygen atoms in total. The van der Waals surface area contributed by atoms with Crippen LogP contribution in [0.15, 0.2) is 18.2 Å². The smallest absolute Gasteiger partial charge is 0.0634 e. The Labute approximate surface area is 130 Å². The van der Waals surface area contributed by atoms with Gasteiger partial charge in [0.1, 0.15) is 0 Å². The van der Waals surface area contributed by atoms with E-state index in [0.29, 0.717) is 5.46 Å². The van der Waals surface area contributed by atoms with Gasteiger partial charge in [-0.15, -0.1) is 5.46 Å². The average molecular weight is 296 g/mol. The van der Waals surface area contributed by atoms with Gasteiger partial charge in [0.25, 0.3) is 0 Å². The Morgan fingerprint density at radius 3 is 1.48 bits per heavy atom. The first-order chi connectivity index (χ1) is 10.2. The quantitative estimate of drug-likeness (QED) is 0.598. The highest BCUT2D eigenvalue weighted by molar-refractivity contribution is 6.55. The molecule has 0 aromatic heterocycles. The largest absolute Gasteiger partial charge is 0.889 e. The molecule has 0 aliphatic heterocycles. The molecule has 0 amide bonds. The molecule has 0 aliphatic rings. The van der Waals surface area contributed by atoms with Crippen molar-refractivity contribution in [2.75, 3.05) is 14.1 Å². The highest BCUT2D eigenvalue weighted by Gasteiger charge is 2.00. The molecular weight excluding hydrogens is 263 g/mol. The number of rotatable bonds is 7. The van der Waals surface area contributed by atoms with E-state index in [2.05, 4.69) is 31.4 Å². The molecule has 1 rings (SSSR count). The lowest BCUT2D eigenvalue weighted by atomic mass is 9.78. The van der Waals surface area contributed by atoms with Crippen LogP contribution in [0.1, 0.15) is 50.7 Å². The number of quaternary nitrogens is 2. The maximum atomic E-state index is 11.0. The average Bonchev–Trinajstić information content (AvgIpc) is 2.54. The molecule has 0 unspecified atom stereocenters. The van der Waals surface area contributed by atoms with Crippen LogP contribution in [-0.4, -0.2) is 21.2 Å². The first-order valence-corrected chi connectivity index (χ1v) is 8.03. The number of benzene rings is 1. The van der Waals surface area contributed by atoms with Crippen LogP contribution in [-0.2, 0) is 12.8 Å². The van der Waals surface area contributed by atoms with E-state index in [1.54, 1.807) is 26.2 Å². The Kier molecular flexibility index (Phi) is 16.6. The third kappa shape index (κ3) is 10.5. The fourth-order valence-corrected chi connectivity index (χ4v) is 1.98. The monoisotopic (exact) mass is 296 g/mol. The second-order valence-corrected chi connectivity index (χ2v) is 4.62. The summed E-state index contributed by atoms with van der Waals surface area (Å²) in [5.74, 6) is 0. The lowest BCUT2D eigenvalue weighted by Crippen LogP contribution is -2.55. The van der Waals surface area contributed by atoms with Crippen molar-refractivity contribution in [3.05, 3.63) is 29.3 Å². The van der Waals surface area contributed by atoms with E-state index in [0.717, 1.165) is 49.7 Å². The van der Waals surface area contributed by atoms with Crippen molar-refractivity contribution in [1.82, 2.24) is 0 Å². The highest BCUT2D eigenvalue weighted by atomic mass is 16.4. The topological polar surface area (TPSA) is 101 Å². The lowest BCUT2D eigenvalue weighted by Gasteiger charge is -2.28. The fraction of sp³-hybridized carbons (Fsp3) is 0.625. The van der Waals surface area contributed by atoms with Crippen molar-refractivity contribution in [2.45, 2.75) is 52.4 Å². The van der Waals surface area contributed by atoms with Crippen molar-refractivity contribution in [2.24, 2.45) is 0 Å². The number of unbranched alkanes of at least 4 members (excludes halogenated alkanes) is 2. The van der Waals surface area contributed by atoms with Gasteiger partial charge in [-0.3, -0.25) is 0 Å². The van der Waals surface area contributed by atoms with Crippen LogP contribution >= 0.6 is 0 Å². The van der Waals surface area contributed by atoms with Gasteiger partial charge in [0.05, 0.1) is 14.1 Å². The molecule has 0 fully saturated rings. The summed E-state index contributed by atoms with van der Waals surface area (Å²) in [6.45, 7) is 4.29. The van der Waals surface area contributed by atoms with Crippen molar-refractivity contribution in [3.63, 3.8) is 0 Å². The van der Waals surface area contributed by atoms with Gasteiger partial charge >= 0.3 is 0 Å². The predicted molar refractivity (Wildman–Crippen MR) is 86.7 cm³/mol. The molecule has 21 heavy (non-hydrogen) atoms. The Bertz CT molecular complexity index is 321. The van der Waals surface area contributed by atoms with Crippen molar-refractivity contribution in [1.29, 1.82) is 0 Å². The van der Waals surface area contributed by atoms with Crippen LogP contribution in [0.25, 0.3) is 0 Å². The Balaban J connectivity index is 0. The van der Waals surface area contributed by atoms with Gasteiger partial charge in [0.2, 0.25) is 0 Å². The first-order valence-electron chi connectivity index (χ1n) is 8.03. The Hall–Kier alpha value is -0.875. The molecule has 1 aromatic carbocycles. The van der Waals surface area contributed by atoms with Crippen molar-refractivity contribution >= 4 is 12.6 Å². The second-order valence-electron chi connectivity index (χ2n) is 4.62. The third-order valence-corrected chi connectivity index (χ3v) is 2.99. The zero-order valence-corrected chi connectivity index (χ0v) is 14.3. The molecular formula is C16H33BN2O2. The molecule has 0 saturated carbocycles. The summed E-state index contributed by atoms with van der Waals surface area (Å²) in [5, 5.41) is 22.1. The van der Waals surface area contributed by atoms with Gasteiger partial charge in [0.15, 0.2) is 0 Å². The molecule has 0 radical (unpaired) electrons. The summed E-state index contributed by atoms with van der Waals surface area (Å²) in [4.78, 5) is 0. The summed E-state index contributed by atoms with van der Waals surface area (Å²) in [7, 11) is 1.65. The van der Waals surface area contributed by atoms with E-state index < -0.39 is 7.12 Å². The van der Waals surface area contributed by atoms with Gasteiger partial charge < -0.3 is 21.5 Å². The number of hydrogen-bond donors (Lipinski definition) is 2. The minimum atomic E-state index is -1.85. The molecule has 0 spiro atoms. The predicted octanol–water partition coefficient (Wildman–Crippen LogP) is -1.50. The summed E-state index contributed by atoms with van der Waals surface area (Å²) >= 11 is 0. The van der Waals surface area contributed by atoms with Gasteiger partial charge in [-0.1, -0.05) is 52.0 Å². The first kappa shape index (κ1) is 22.4. The zero-order chi connectivity index (χ0) is 16.7. The summed E-state index contributed by atoms with van der Waals surface area (Å²) in [5.41, 5.74) is 9.20. The van der Waals surface area contributed by atoms with E-state index in [1.165, 1.54) is 0 Å². The van der Waals surface area contributed by atoms with E-state index in [4.69, 9.17) is 0 Å². The molecule has 0 atom stereocenters. The summed E-state index contributed by atoms with van der Waals surface area (Å²) < 4.78 is 0. The highest BCUT2D eigenvalue weighted by Crippen LogP contribution is 2.10. The van der Waals surface area contributed by atoms with Crippen LogP contribution in [0, 0.1) is 0 Å². The van der Waals surface area contributed by atoms with E-state index >= 15 is 0 Å². The number of hydrogen-bond acceptors (Lipinski definition) is 2. The number of aryl methyl sites for hydroxylation is 2. The molecule has 122 valence electrons.